The minimum atomic E-state index is -0.472. The van der Waals surface area contributed by atoms with E-state index in [1.54, 1.807) is 0 Å². The molecular weight excluding hydrogens is 737 g/mol. The molecule has 0 bridgehead atoms. The molecule has 0 radical (unpaired) electrons. The van der Waals surface area contributed by atoms with Crippen LogP contribution in [0.15, 0.2) is 200 Å². The van der Waals surface area contributed by atoms with E-state index in [4.69, 9.17) is 0 Å². The van der Waals surface area contributed by atoms with Gasteiger partial charge in [0, 0.05) is 39.8 Å². The topological polar surface area (TPSA) is 6.48 Å². The Balaban J connectivity index is 1.11. The van der Waals surface area contributed by atoms with Crippen LogP contribution in [0.2, 0.25) is 0 Å². The summed E-state index contributed by atoms with van der Waals surface area (Å²) in [6.07, 6.45) is 32.2. The molecule has 6 aliphatic carbocycles. The molecule has 0 heterocycles. The van der Waals surface area contributed by atoms with Crippen LogP contribution < -0.4 is 20.2 Å². The molecule has 296 valence electrons. The van der Waals surface area contributed by atoms with E-state index in [9.17, 15) is 0 Å². The zero-order valence-electron chi connectivity index (χ0n) is 34.6. The second-order valence-corrected chi connectivity index (χ2v) is 17.6. The molecule has 0 saturated heterocycles. The molecule has 0 amide bonds. The molecule has 0 saturated carbocycles. The zero-order chi connectivity index (χ0) is 40.3. The Hall–Kier alpha value is -6.64. The molecule has 1 spiro atoms. The first-order chi connectivity index (χ1) is 30.3. The van der Waals surface area contributed by atoms with E-state index in [0.717, 1.165) is 38.5 Å². The first-order valence-electron chi connectivity index (χ1n) is 22.5. The van der Waals surface area contributed by atoms with Gasteiger partial charge in [0.05, 0.1) is 17.5 Å². The summed E-state index contributed by atoms with van der Waals surface area (Å²) in [4.78, 5) is 5.53. The third-order valence-corrected chi connectivity index (χ3v) is 14.5. The highest BCUT2D eigenvalue weighted by atomic mass is 15.2. The van der Waals surface area contributed by atoms with Crippen molar-refractivity contribution in [2.45, 2.75) is 68.0 Å². The molecule has 5 unspecified atom stereocenters. The average molecular weight is 787 g/mol. The standard InChI is InChI=1S/C59H50N2/c1-4-20-41(21-5-1)47-29-14-17-35-56(47)61(44-26-8-3-9-27-44)57-37-19-34-53-58(57)50-31-13-16-33-52(50)59(53)51-32-15-12-30-48(51)49-39-38-45(40-54(49)59)60(43-24-6-2-7-25-43)55-36-18-23-42-22-10-11-28-46(42)55/h1-8,10-17,19-24,28-35,37-40,43-44,47,56H,9,18,25-27,36H2. The fourth-order valence-electron chi connectivity index (χ4n) is 12.0. The Morgan fingerprint density at radius 1 is 0.541 bits per heavy atom. The molecule has 0 aliphatic heterocycles. The molecule has 0 N–H and O–H groups in total. The second-order valence-electron chi connectivity index (χ2n) is 17.6. The van der Waals surface area contributed by atoms with Crippen molar-refractivity contribution in [3.63, 3.8) is 0 Å². The molecule has 5 atom stereocenters. The van der Waals surface area contributed by atoms with Crippen LogP contribution in [0, 0.1) is 0 Å². The Labute approximate surface area is 360 Å². The number of allylic oxidation sites excluding steroid dienone is 5. The van der Waals surface area contributed by atoms with Crippen LogP contribution in [0.3, 0.4) is 0 Å². The third kappa shape index (κ3) is 5.61. The number of rotatable bonds is 7. The van der Waals surface area contributed by atoms with Crippen LogP contribution in [-0.4, -0.2) is 18.1 Å². The molecule has 0 aromatic heterocycles. The maximum Gasteiger partial charge on any atom is 0.0727 e. The lowest BCUT2D eigenvalue weighted by molar-refractivity contribution is 0.490. The Morgan fingerprint density at radius 3 is 2.15 bits per heavy atom. The minimum absolute atomic E-state index is 0.174. The smallest absolute Gasteiger partial charge is 0.0727 e. The SMILES string of the molecule is C1=CCC(N(C2=c3ccccc3=CCC2)c2ccc3c(c2)C2(c4ccccc4-3)c3ccccc3-c3c(N(C4CC=CCC4)C4C=CC=CC4c4ccccc4)cccc32)C=C1. The molecule has 61 heavy (non-hydrogen) atoms. The van der Waals surface area contributed by atoms with E-state index in [2.05, 4.69) is 216 Å². The Kier molecular flexibility index (Phi) is 8.80. The lowest BCUT2D eigenvalue weighted by Crippen LogP contribution is -2.46. The molecule has 0 fully saturated rings. The molecule has 2 nitrogen and oxygen atoms in total. The molecule has 6 aliphatic rings. The van der Waals surface area contributed by atoms with Crippen LogP contribution in [0.4, 0.5) is 11.4 Å². The number of nitrogens with zero attached hydrogens (tertiary/aromatic N) is 2. The van der Waals surface area contributed by atoms with Crippen LogP contribution >= 0.6 is 0 Å². The monoisotopic (exact) mass is 786 g/mol. The van der Waals surface area contributed by atoms with Gasteiger partial charge in [-0.1, -0.05) is 188 Å². The van der Waals surface area contributed by atoms with Crippen LogP contribution in [-0.2, 0) is 5.41 Å². The van der Waals surface area contributed by atoms with Gasteiger partial charge >= 0.3 is 0 Å². The summed E-state index contributed by atoms with van der Waals surface area (Å²) in [6, 6.07) is 54.4. The van der Waals surface area contributed by atoms with Crippen molar-refractivity contribution >= 4 is 23.1 Å². The van der Waals surface area contributed by atoms with E-state index < -0.39 is 5.41 Å². The third-order valence-electron chi connectivity index (χ3n) is 14.5. The van der Waals surface area contributed by atoms with Crippen molar-refractivity contribution in [1.29, 1.82) is 0 Å². The molecular formula is C59H50N2. The first kappa shape index (κ1) is 36.2. The van der Waals surface area contributed by atoms with Crippen LogP contribution in [0.5, 0.6) is 0 Å². The highest BCUT2D eigenvalue weighted by Gasteiger charge is 2.53. The zero-order valence-corrected chi connectivity index (χ0v) is 34.6. The largest absolute Gasteiger partial charge is 0.360 e. The molecule has 12 rings (SSSR count). The van der Waals surface area contributed by atoms with Crippen molar-refractivity contribution in [2.75, 3.05) is 9.80 Å². The number of fused-ring (bicyclic) bond motifs is 11. The van der Waals surface area contributed by atoms with Crippen molar-refractivity contribution in [2.24, 2.45) is 0 Å². The number of hydrogen-bond acceptors (Lipinski definition) is 2. The lowest BCUT2D eigenvalue weighted by Gasteiger charge is -2.44. The molecule has 2 heteroatoms. The summed E-state index contributed by atoms with van der Waals surface area (Å²) >= 11 is 0. The fourth-order valence-corrected chi connectivity index (χ4v) is 12.0. The molecule has 6 aromatic rings. The van der Waals surface area contributed by atoms with Gasteiger partial charge in [0.15, 0.2) is 0 Å². The lowest BCUT2D eigenvalue weighted by atomic mass is 9.70. The van der Waals surface area contributed by atoms with Gasteiger partial charge in [-0.25, -0.2) is 0 Å². The summed E-state index contributed by atoms with van der Waals surface area (Å²) in [5.41, 5.74) is 15.9. The normalized spacial score (nSPS) is 23.5. The number of benzene rings is 6. The minimum Gasteiger partial charge on any atom is -0.360 e. The molecule has 6 aromatic carbocycles. The summed E-state index contributed by atoms with van der Waals surface area (Å²) < 4.78 is 0. The number of anilines is 2. The van der Waals surface area contributed by atoms with Gasteiger partial charge in [-0.3, -0.25) is 0 Å². The first-order valence-corrected chi connectivity index (χ1v) is 22.5. The summed E-state index contributed by atoms with van der Waals surface area (Å²) in [5, 5.41) is 2.70. The van der Waals surface area contributed by atoms with Gasteiger partial charge in [0.2, 0.25) is 0 Å². The van der Waals surface area contributed by atoms with Crippen molar-refractivity contribution in [3.05, 3.63) is 239 Å². The highest BCUT2D eigenvalue weighted by Crippen LogP contribution is 2.65. The maximum atomic E-state index is 2.84. The van der Waals surface area contributed by atoms with E-state index in [-0.39, 0.29) is 18.0 Å². The Morgan fingerprint density at radius 2 is 1.30 bits per heavy atom. The predicted octanol–water partition coefficient (Wildman–Crippen LogP) is 12.3. The quantitative estimate of drug-likeness (QED) is 0.149. The fraction of sp³-hybridized carbons (Fsp3) is 0.186. The predicted molar refractivity (Wildman–Crippen MR) is 255 cm³/mol. The second kappa shape index (κ2) is 14.8. The van der Waals surface area contributed by atoms with Gasteiger partial charge in [0.25, 0.3) is 0 Å². The number of hydrogen-bond donors (Lipinski definition) is 0. The van der Waals surface area contributed by atoms with Crippen LogP contribution in [0.1, 0.15) is 72.3 Å². The Bertz CT molecular complexity index is 2980. The van der Waals surface area contributed by atoms with Crippen molar-refractivity contribution in [1.82, 2.24) is 0 Å². The summed E-state index contributed by atoms with van der Waals surface area (Å²) in [7, 11) is 0. The van der Waals surface area contributed by atoms with E-state index >= 15 is 0 Å². The highest BCUT2D eigenvalue weighted by molar-refractivity contribution is 5.99. The maximum absolute atomic E-state index is 2.84. The van der Waals surface area contributed by atoms with Gasteiger partial charge in [0.1, 0.15) is 0 Å². The van der Waals surface area contributed by atoms with Gasteiger partial charge in [-0.2, -0.15) is 0 Å². The van der Waals surface area contributed by atoms with Crippen LogP contribution in [0.25, 0.3) is 34.0 Å². The van der Waals surface area contributed by atoms with Gasteiger partial charge < -0.3 is 9.80 Å². The van der Waals surface area contributed by atoms with Crippen molar-refractivity contribution in [3.8, 4) is 22.3 Å². The van der Waals surface area contributed by atoms with Gasteiger partial charge in [-0.15, -0.1) is 0 Å². The summed E-state index contributed by atoms with van der Waals surface area (Å²) in [5.74, 6) is 0.240. The summed E-state index contributed by atoms with van der Waals surface area (Å²) in [6.45, 7) is 0. The van der Waals surface area contributed by atoms with E-state index in [1.807, 2.05) is 0 Å². The van der Waals surface area contributed by atoms with Crippen molar-refractivity contribution < 1.29 is 0 Å². The van der Waals surface area contributed by atoms with E-state index in [1.165, 1.54) is 77.6 Å². The van der Waals surface area contributed by atoms with Gasteiger partial charge in [-0.05, 0) is 106 Å². The average Bonchev–Trinajstić information content (AvgIpc) is 3.80. The van der Waals surface area contributed by atoms with E-state index in [0.29, 0.717) is 6.04 Å².